The van der Waals surface area contributed by atoms with Crippen molar-refractivity contribution >= 4 is 56.7 Å². The molecule has 2 aliphatic heterocycles. The van der Waals surface area contributed by atoms with Crippen molar-refractivity contribution in [1.82, 2.24) is 0 Å². The predicted octanol–water partition coefficient (Wildman–Crippen LogP) is 12.2. The van der Waals surface area contributed by atoms with E-state index in [1.54, 1.807) is 0 Å². The van der Waals surface area contributed by atoms with Crippen LogP contribution < -0.4 is 30.4 Å². The first-order chi connectivity index (χ1) is 30.8. The Hall–Kier alpha value is -7.72. The summed E-state index contributed by atoms with van der Waals surface area (Å²) in [7, 11) is -2.97. The second-order valence-electron chi connectivity index (χ2n) is 16.3. The lowest BCUT2D eigenvalue weighted by Gasteiger charge is -2.51. The number of hydrogen-bond acceptors (Lipinski definition) is 2. The van der Waals surface area contributed by atoms with Crippen LogP contribution in [0.25, 0.3) is 21.9 Å². The van der Waals surface area contributed by atoms with Gasteiger partial charge in [-0.2, -0.15) is 0 Å². The third-order valence-corrected chi connectivity index (χ3v) is 18.1. The second kappa shape index (κ2) is 14.5. The Labute approximate surface area is 363 Å². The molecule has 2 aliphatic rings. The molecule has 0 saturated carbocycles. The van der Waals surface area contributed by atoms with Crippen molar-refractivity contribution in [2.45, 2.75) is 5.41 Å². The fraction of sp³-hybridized carbons (Fsp3) is 0.0169. The Kier molecular flexibility index (Phi) is 8.44. The van der Waals surface area contributed by atoms with Gasteiger partial charge in [0, 0.05) is 28.2 Å². The summed E-state index contributed by atoms with van der Waals surface area (Å²) in [5.74, 6) is 1.77. The molecule has 0 aromatic heterocycles. The van der Waals surface area contributed by atoms with Gasteiger partial charge in [-0.3, -0.25) is 0 Å². The maximum absolute atomic E-state index is 6.85. The van der Waals surface area contributed by atoms with Gasteiger partial charge < -0.3 is 9.64 Å². The van der Waals surface area contributed by atoms with E-state index in [1.807, 2.05) is 0 Å². The minimum Gasteiger partial charge on any atom is -0.457 e. The highest BCUT2D eigenvalue weighted by Gasteiger charge is 2.57. The zero-order valence-corrected chi connectivity index (χ0v) is 35.0. The number of para-hydroxylation sites is 3. The molecule has 0 saturated heterocycles. The third kappa shape index (κ3) is 5.28. The van der Waals surface area contributed by atoms with Gasteiger partial charge in [-0.25, -0.2) is 0 Å². The summed E-state index contributed by atoms with van der Waals surface area (Å²) < 4.78 is 6.85. The van der Waals surface area contributed by atoms with E-state index in [0.717, 1.165) is 39.7 Å². The van der Waals surface area contributed by atoms with Crippen LogP contribution in [0.3, 0.4) is 0 Å². The minimum absolute atomic E-state index is 0.686. The average molecular weight is 808 g/mol. The fourth-order valence-electron chi connectivity index (χ4n) is 10.8. The number of hydrogen-bond donors (Lipinski definition) is 0. The monoisotopic (exact) mass is 807 g/mol. The molecule has 0 radical (unpaired) electrons. The Morgan fingerprint density at radius 1 is 0.355 bits per heavy atom. The first-order valence-corrected chi connectivity index (χ1v) is 23.4. The molecule has 2 nitrogen and oxygen atoms in total. The molecular weight excluding hydrogens is 767 g/mol. The Morgan fingerprint density at radius 3 is 1.53 bits per heavy atom. The van der Waals surface area contributed by atoms with Gasteiger partial charge in [-0.1, -0.05) is 200 Å². The first-order valence-electron chi connectivity index (χ1n) is 21.4. The fourth-order valence-corrected chi connectivity index (χ4v) is 16.0. The van der Waals surface area contributed by atoms with Gasteiger partial charge in [0.05, 0.1) is 5.41 Å². The van der Waals surface area contributed by atoms with Crippen LogP contribution in [0.1, 0.15) is 22.3 Å². The van der Waals surface area contributed by atoms with Crippen molar-refractivity contribution in [3.05, 3.63) is 271 Å². The Bertz CT molecular complexity index is 3180. The topological polar surface area (TPSA) is 12.5 Å². The molecule has 0 N–H and O–H groups in total. The van der Waals surface area contributed by atoms with E-state index in [1.165, 1.54) is 53.8 Å². The molecule has 0 atom stereocenters. The molecule has 0 bridgehead atoms. The highest BCUT2D eigenvalue weighted by molar-refractivity contribution is 7.20. The molecule has 2 heterocycles. The van der Waals surface area contributed by atoms with Gasteiger partial charge >= 0.3 is 0 Å². The normalized spacial score (nSPS) is 13.9. The zero-order valence-electron chi connectivity index (χ0n) is 34.0. The van der Waals surface area contributed by atoms with E-state index in [2.05, 4.69) is 254 Å². The predicted molar refractivity (Wildman–Crippen MR) is 260 cm³/mol. The van der Waals surface area contributed by atoms with E-state index in [0.29, 0.717) is 0 Å². The smallest absolute Gasteiger partial charge is 0.180 e. The van der Waals surface area contributed by atoms with E-state index < -0.39 is 13.5 Å². The number of nitrogens with zero attached hydrogens (tertiary/aromatic N) is 1. The number of benzene rings is 10. The van der Waals surface area contributed by atoms with E-state index in [4.69, 9.17) is 4.74 Å². The van der Waals surface area contributed by atoms with Gasteiger partial charge in [0.25, 0.3) is 0 Å². The van der Waals surface area contributed by atoms with Crippen molar-refractivity contribution in [2.75, 3.05) is 4.90 Å². The van der Waals surface area contributed by atoms with Crippen molar-refractivity contribution in [1.29, 1.82) is 0 Å². The van der Waals surface area contributed by atoms with Crippen molar-refractivity contribution < 1.29 is 4.74 Å². The molecule has 62 heavy (non-hydrogen) atoms. The highest BCUT2D eigenvalue weighted by Crippen LogP contribution is 2.56. The van der Waals surface area contributed by atoms with Gasteiger partial charge in [-0.05, 0) is 102 Å². The minimum atomic E-state index is -2.97. The van der Waals surface area contributed by atoms with Crippen molar-refractivity contribution in [3.8, 4) is 22.6 Å². The van der Waals surface area contributed by atoms with E-state index in [9.17, 15) is 0 Å². The SMILES string of the molecule is c1ccc(N(c2ccc(-c3cccc4ccccc34)cc2)c2ccc3c(c2)C2(c4ccccc4Oc4ccccc42)c2ccccc2[Si]3(c2ccccc2)c2ccccc2)cc1. The average Bonchev–Trinajstić information content (AvgIpc) is 3.35. The van der Waals surface area contributed by atoms with Gasteiger partial charge in [0.15, 0.2) is 8.07 Å². The maximum atomic E-state index is 6.85. The van der Waals surface area contributed by atoms with Gasteiger partial charge in [0.1, 0.15) is 11.5 Å². The van der Waals surface area contributed by atoms with Crippen LogP contribution in [0.4, 0.5) is 17.1 Å². The van der Waals surface area contributed by atoms with Crippen LogP contribution in [-0.2, 0) is 5.41 Å². The summed E-state index contributed by atoms with van der Waals surface area (Å²) in [6.45, 7) is 0. The first kappa shape index (κ1) is 36.2. The molecule has 0 unspecified atom stereocenters. The highest BCUT2D eigenvalue weighted by atomic mass is 28.3. The van der Waals surface area contributed by atoms with Gasteiger partial charge in [0.2, 0.25) is 0 Å². The Morgan fingerprint density at radius 2 is 0.855 bits per heavy atom. The largest absolute Gasteiger partial charge is 0.457 e. The van der Waals surface area contributed by atoms with Crippen LogP contribution in [0.5, 0.6) is 11.5 Å². The van der Waals surface area contributed by atoms with Crippen molar-refractivity contribution in [3.63, 3.8) is 0 Å². The number of anilines is 3. The molecule has 292 valence electrons. The van der Waals surface area contributed by atoms with Crippen molar-refractivity contribution in [2.24, 2.45) is 0 Å². The van der Waals surface area contributed by atoms with Crippen LogP contribution >= 0.6 is 0 Å². The molecule has 0 fully saturated rings. The lowest BCUT2D eigenvalue weighted by molar-refractivity contribution is 0.435. The van der Waals surface area contributed by atoms with Crippen LogP contribution in [0.2, 0.25) is 0 Å². The van der Waals surface area contributed by atoms with Crippen LogP contribution in [0.15, 0.2) is 249 Å². The summed E-state index contributed by atoms with van der Waals surface area (Å²) >= 11 is 0. The Balaban J connectivity index is 1.18. The second-order valence-corrected chi connectivity index (χ2v) is 20.1. The molecular formula is C59H41NOSi. The number of rotatable bonds is 6. The molecule has 0 aliphatic carbocycles. The molecule has 0 amide bonds. The lowest BCUT2D eigenvalue weighted by Crippen LogP contribution is -2.79. The van der Waals surface area contributed by atoms with Gasteiger partial charge in [-0.15, -0.1) is 0 Å². The summed E-state index contributed by atoms with van der Waals surface area (Å²) in [6, 6.07) is 91.8. The van der Waals surface area contributed by atoms with Crippen LogP contribution in [-0.4, -0.2) is 8.07 Å². The van der Waals surface area contributed by atoms with Crippen LogP contribution in [0, 0.1) is 0 Å². The molecule has 1 spiro atoms. The molecule has 3 heteroatoms. The zero-order chi connectivity index (χ0) is 41.1. The summed E-state index contributed by atoms with van der Waals surface area (Å²) in [4.78, 5) is 2.42. The quantitative estimate of drug-likeness (QED) is 0.155. The number of ether oxygens (including phenoxy) is 1. The molecule has 10 aromatic rings. The molecule has 10 aromatic carbocycles. The molecule has 12 rings (SSSR count). The third-order valence-electron chi connectivity index (χ3n) is 13.3. The number of fused-ring (bicyclic) bond motifs is 9. The summed E-state index contributed by atoms with van der Waals surface area (Å²) in [5, 5.41) is 7.99. The summed E-state index contributed by atoms with van der Waals surface area (Å²) in [5.41, 5.74) is 9.91. The summed E-state index contributed by atoms with van der Waals surface area (Å²) in [6.07, 6.45) is 0. The van der Waals surface area contributed by atoms with E-state index in [-0.39, 0.29) is 0 Å². The maximum Gasteiger partial charge on any atom is 0.180 e. The van der Waals surface area contributed by atoms with E-state index >= 15 is 0 Å². The standard InChI is InChI=1S/C59H41NOSi/c1-4-21-44(22-5-1)60(45-37-35-43(36-38-45)50-28-18-20-42-19-10-11-27-49(42)50)46-39-40-58-54(41-46)59(51-29-12-15-32-55(51)61-56-33-16-13-30-52(56)59)53-31-14-17-34-57(53)62(58,47-23-6-2-7-24-47)48-25-8-3-9-26-48/h1-41H. The lowest BCUT2D eigenvalue weighted by atomic mass is 9.63.